The van der Waals surface area contributed by atoms with Gasteiger partial charge in [0.25, 0.3) is 5.56 Å². The van der Waals surface area contributed by atoms with Crippen LogP contribution in [0.15, 0.2) is 41.2 Å². The molecule has 0 unspecified atom stereocenters. The molecule has 68 valence electrons. The molecule has 0 radical (unpaired) electrons. The lowest BCUT2D eigenvalue weighted by Crippen LogP contribution is -2.10. The second-order valence-corrected chi connectivity index (χ2v) is 2.85. The molecule has 0 amide bonds. The van der Waals surface area contributed by atoms with Crippen molar-refractivity contribution in [3.8, 4) is 0 Å². The summed E-state index contributed by atoms with van der Waals surface area (Å²) in [5, 5.41) is 0.965. The van der Waals surface area contributed by atoms with Gasteiger partial charge in [-0.2, -0.15) is 0 Å². The first-order valence-electron chi connectivity index (χ1n) is 3.56. The Kier molecular flexibility index (Phi) is 2.96. The van der Waals surface area contributed by atoms with Crippen LogP contribution in [0.3, 0.4) is 0 Å². The van der Waals surface area contributed by atoms with Gasteiger partial charge in [0, 0.05) is 17.8 Å². The highest BCUT2D eigenvalue weighted by atomic mass is 35.5. The van der Waals surface area contributed by atoms with Crippen LogP contribution < -0.4 is 5.56 Å². The summed E-state index contributed by atoms with van der Waals surface area (Å²) in [4.78, 5) is 11.1. The maximum absolute atomic E-state index is 11.1. The Hall–Kier alpha value is -0.990. The third kappa shape index (κ3) is 1.69. The van der Waals surface area contributed by atoms with Crippen LogP contribution in [-0.2, 0) is 0 Å². The monoisotopic (exact) mass is 215 g/mol. The number of para-hydroxylation sites is 1. The van der Waals surface area contributed by atoms with Crippen molar-refractivity contribution in [2.45, 2.75) is 0 Å². The summed E-state index contributed by atoms with van der Waals surface area (Å²) in [6.07, 6.45) is 0. The third-order valence-electron chi connectivity index (χ3n) is 1.75. The van der Waals surface area contributed by atoms with E-state index in [1.807, 2.05) is 24.3 Å². The van der Waals surface area contributed by atoms with Crippen molar-refractivity contribution in [3.63, 3.8) is 0 Å². The Bertz CT molecular complexity index is 478. The van der Waals surface area contributed by atoms with E-state index in [1.54, 1.807) is 6.07 Å². The van der Waals surface area contributed by atoms with Gasteiger partial charge in [0.1, 0.15) is 0 Å². The zero-order chi connectivity index (χ0) is 8.55. The molecule has 0 aliphatic rings. The molecule has 0 fully saturated rings. The van der Waals surface area contributed by atoms with Crippen molar-refractivity contribution >= 4 is 35.1 Å². The normalized spacial score (nSPS) is 9.62. The molecule has 0 bridgehead atoms. The molecule has 13 heavy (non-hydrogen) atoms. The van der Waals surface area contributed by atoms with Gasteiger partial charge < -0.3 is 0 Å². The van der Waals surface area contributed by atoms with Crippen molar-refractivity contribution in [2.24, 2.45) is 0 Å². The highest BCUT2D eigenvalue weighted by Gasteiger charge is 1.97. The number of pyridine rings is 1. The number of nitrogens with zero attached hydrogens (tertiary/aromatic N) is 1. The zero-order valence-electron chi connectivity index (χ0n) is 6.61. The van der Waals surface area contributed by atoms with Crippen molar-refractivity contribution in [2.75, 3.05) is 0 Å². The summed E-state index contributed by atoms with van der Waals surface area (Å²) in [5.41, 5.74) is 0.544. The number of halogens is 2. The van der Waals surface area contributed by atoms with Crippen LogP contribution in [0.25, 0.3) is 10.9 Å². The Morgan fingerprint density at radius 3 is 2.54 bits per heavy atom. The van der Waals surface area contributed by atoms with Crippen molar-refractivity contribution in [1.29, 1.82) is 0 Å². The van der Waals surface area contributed by atoms with E-state index in [1.165, 1.54) is 6.07 Å². The van der Waals surface area contributed by atoms with Gasteiger partial charge in [-0.1, -0.05) is 18.2 Å². The summed E-state index contributed by atoms with van der Waals surface area (Å²) in [6.45, 7) is 0. The van der Waals surface area contributed by atoms with Crippen LogP contribution in [-0.4, -0.2) is 4.09 Å². The standard InChI is InChI=1S/C9H6ClNO.ClH/c10-11-8-4-2-1-3-7(8)5-6-9(11)12;/h1-6H;1H. The SMILES string of the molecule is Cl.O=c1ccc2ccccc2n1Cl. The number of rotatable bonds is 0. The lowest BCUT2D eigenvalue weighted by atomic mass is 10.2. The summed E-state index contributed by atoms with van der Waals surface area (Å²) in [7, 11) is 0. The summed E-state index contributed by atoms with van der Waals surface area (Å²) < 4.78 is 1.12. The van der Waals surface area contributed by atoms with Gasteiger partial charge in [-0.25, -0.2) is 4.09 Å². The number of aromatic nitrogens is 1. The molecule has 2 rings (SSSR count). The van der Waals surface area contributed by atoms with Gasteiger partial charge in [0.05, 0.1) is 5.52 Å². The number of hydrogen-bond donors (Lipinski definition) is 0. The highest BCUT2D eigenvalue weighted by molar-refractivity contribution is 6.18. The summed E-state index contributed by atoms with van der Waals surface area (Å²) >= 11 is 5.73. The van der Waals surface area contributed by atoms with E-state index < -0.39 is 0 Å². The zero-order valence-corrected chi connectivity index (χ0v) is 8.18. The van der Waals surface area contributed by atoms with E-state index in [9.17, 15) is 4.79 Å². The predicted molar refractivity (Wildman–Crippen MR) is 56.7 cm³/mol. The van der Waals surface area contributed by atoms with Crippen LogP contribution in [0.4, 0.5) is 0 Å². The fourth-order valence-electron chi connectivity index (χ4n) is 1.15. The van der Waals surface area contributed by atoms with Gasteiger partial charge in [0.2, 0.25) is 0 Å². The lowest BCUT2D eigenvalue weighted by molar-refractivity contribution is 1.19. The molecule has 0 saturated carbocycles. The quantitative estimate of drug-likeness (QED) is 0.662. The largest absolute Gasteiger partial charge is 0.268 e. The first-order valence-corrected chi connectivity index (χ1v) is 3.90. The van der Waals surface area contributed by atoms with Gasteiger partial charge in [-0.05, 0) is 17.5 Å². The van der Waals surface area contributed by atoms with Gasteiger partial charge in [-0.3, -0.25) is 4.79 Å². The number of hydrogen-bond acceptors (Lipinski definition) is 1. The fraction of sp³-hybridized carbons (Fsp3) is 0. The van der Waals surface area contributed by atoms with Crippen molar-refractivity contribution < 1.29 is 0 Å². The van der Waals surface area contributed by atoms with Crippen LogP contribution in [0.1, 0.15) is 0 Å². The van der Waals surface area contributed by atoms with E-state index in [4.69, 9.17) is 11.8 Å². The molecule has 2 nitrogen and oxygen atoms in total. The Morgan fingerprint density at radius 1 is 1.08 bits per heavy atom. The topological polar surface area (TPSA) is 22.0 Å². The van der Waals surface area contributed by atoms with E-state index in [2.05, 4.69) is 0 Å². The first-order chi connectivity index (χ1) is 5.79. The molecule has 0 atom stereocenters. The van der Waals surface area contributed by atoms with Gasteiger partial charge >= 0.3 is 0 Å². The third-order valence-corrected chi connectivity index (χ3v) is 2.10. The number of fused-ring (bicyclic) bond motifs is 1. The van der Waals surface area contributed by atoms with Crippen LogP contribution >= 0.6 is 24.2 Å². The minimum absolute atomic E-state index is 0. The smallest absolute Gasteiger partial charge is 0.265 e. The molecule has 4 heteroatoms. The molecule has 0 saturated heterocycles. The molecular weight excluding hydrogens is 209 g/mol. The average Bonchev–Trinajstić information content (AvgIpc) is 2.12. The minimum Gasteiger partial charge on any atom is -0.268 e. The van der Waals surface area contributed by atoms with Gasteiger partial charge in [-0.15, -0.1) is 12.4 Å². The molecule has 2 aromatic rings. The molecular formula is C9H7Cl2NO. The lowest BCUT2D eigenvalue weighted by Gasteiger charge is -1.99. The van der Waals surface area contributed by atoms with E-state index in [0.717, 1.165) is 15.0 Å². The second kappa shape index (κ2) is 3.81. The Balaban J connectivity index is 0.000000845. The fourth-order valence-corrected chi connectivity index (χ4v) is 1.36. The van der Waals surface area contributed by atoms with Crippen LogP contribution in [0.5, 0.6) is 0 Å². The molecule has 0 aliphatic heterocycles. The molecule has 1 aromatic heterocycles. The highest BCUT2D eigenvalue weighted by Crippen LogP contribution is 2.10. The van der Waals surface area contributed by atoms with Crippen LogP contribution in [0, 0.1) is 0 Å². The van der Waals surface area contributed by atoms with E-state index >= 15 is 0 Å². The molecule has 0 aliphatic carbocycles. The second-order valence-electron chi connectivity index (χ2n) is 2.51. The predicted octanol–water partition coefficient (Wildman–Crippen LogP) is 2.43. The minimum atomic E-state index is -0.199. The maximum Gasteiger partial charge on any atom is 0.265 e. The van der Waals surface area contributed by atoms with Gasteiger partial charge in [0.15, 0.2) is 0 Å². The summed E-state index contributed by atoms with van der Waals surface area (Å²) in [5.74, 6) is 0. The van der Waals surface area contributed by atoms with Crippen molar-refractivity contribution in [1.82, 2.24) is 4.09 Å². The summed E-state index contributed by atoms with van der Waals surface area (Å²) in [6, 6.07) is 10.7. The Morgan fingerprint density at radius 2 is 1.77 bits per heavy atom. The molecule has 0 N–H and O–H groups in total. The molecule has 0 spiro atoms. The average molecular weight is 216 g/mol. The maximum atomic E-state index is 11.1. The van der Waals surface area contributed by atoms with Crippen molar-refractivity contribution in [3.05, 3.63) is 46.8 Å². The first kappa shape index (κ1) is 10.1. The van der Waals surface area contributed by atoms with E-state index in [-0.39, 0.29) is 18.0 Å². The number of benzene rings is 1. The van der Waals surface area contributed by atoms with E-state index in [0.29, 0.717) is 0 Å². The molecule has 1 aromatic carbocycles. The molecule has 1 heterocycles. The Labute approximate surface area is 86.3 Å². The van der Waals surface area contributed by atoms with Crippen LogP contribution in [0.2, 0.25) is 0 Å².